The summed E-state index contributed by atoms with van der Waals surface area (Å²) < 4.78 is 0. The van der Waals surface area contributed by atoms with Gasteiger partial charge in [-0.3, -0.25) is 0 Å². The van der Waals surface area contributed by atoms with Crippen molar-refractivity contribution in [3.05, 3.63) is 58.4 Å². The molecule has 5 heteroatoms. The molecule has 1 aromatic rings. The Morgan fingerprint density at radius 2 is 2.19 bits per heavy atom. The van der Waals surface area contributed by atoms with Gasteiger partial charge in [0.15, 0.2) is 0 Å². The Morgan fingerprint density at radius 3 is 2.95 bits per heavy atom. The third kappa shape index (κ3) is 5.08. The van der Waals surface area contributed by atoms with Gasteiger partial charge in [0.1, 0.15) is 5.15 Å². The molecule has 0 spiro atoms. The number of carbonyl (C=O) groups excluding carboxylic acids is 1. The molecule has 0 saturated heterocycles. The van der Waals surface area contributed by atoms with E-state index < -0.39 is 0 Å². The zero-order valence-corrected chi connectivity index (χ0v) is 12.9. The van der Waals surface area contributed by atoms with Crippen LogP contribution in [0.15, 0.2) is 47.6 Å². The van der Waals surface area contributed by atoms with Gasteiger partial charge in [-0.2, -0.15) is 0 Å². The first-order valence-corrected chi connectivity index (χ1v) is 7.12. The van der Waals surface area contributed by atoms with Crippen LogP contribution in [0.5, 0.6) is 0 Å². The maximum Gasteiger partial charge on any atom is 0.319 e. The van der Waals surface area contributed by atoms with E-state index >= 15 is 0 Å². The van der Waals surface area contributed by atoms with Crippen LogP contribution in [-0.2, 0) is 0 Å². The Morgan fingerprint density at radius 1 is 1.38 bits per heavy atom. The topological polar surface area (TPSA) is 54.0 Å². The number of hydrogen-bond donors (Lipinski definition) is 2. The summed E-state index contributed by atoms with van der Waals surface area (Å²) in [6, 6.07) is 3.12. The zero-order chi connectivity index (χ0) is 15.2. The molecule has 0 atom stereocenters. The summed E-state index contributed by atoms with van der Waals surface area (Å²) in [5.41, 5.74) is 3.73. The van der Waals surface area contributed by atoms with Crippen LogP contribution in [0.4, 0.5) is 10.5 Å². The maximum absolute atomic E-state index is 11.9. The lowest BCUT2D eigenvalue weighted by atomic mass is 10.1. The van der Waals surface area contributed by atoms with Crippen LogP contribution < -0.4 is 10.6 Å². The predicted octanol–water partition coefficient (Wildman–Crippen LogP) is 4.00. The predicted molar refractivity (Wildman–Crippen MR) is 86.6 cm³/mol. The second-order valence-corrected chi connectivity index (χ2v) is 5.38. The number of aromatic nitrogens is 1. The molecule has 2 amide bonds. The number of halogens is 1. The van der Waals surface area contributed by atoms with Gasteiger partial charge in [0.2, 0.25) is 0 Å². The molecule has 21 heavy (non-hydrogen) atoms. The molecular weight excluding hydrogens is 286 g/mol. The van der Waals surface area contributed by atoms with Crippen molar-refractivity contribution in [1.82, 2.24) is 10.3 Å². The first-order chi connectivity index (χ1) is 10.0. The minimum atomic E-state index is -0.267. The lowest BCUT2D eigenvalue weighted by Crippen LogP contribution is -2.30. The van der Waals surface area contributed by atoms with Crippen LogP contribution in [0, 0.1) is 6.92 Å². The van der Waals surface area contributed by atoms with Gasteiger partial charge in [-0.1, -0.05) is 41.5 Å². The second kappa shape index (κ2) is 7.09. The van der Waals surface area contributed by atoms with Crippen LogP contribution in [0.25, 0.3) is 0 Å². The molecule has 2 N–H and O–H groups in total. The average molecular weight is 304 g/mol. The van der Waals surface area contributed by atoms with Gasteiger partial charge in [0, 0.05) is 17.9 Å². The van der Waals surface area contributed by atoms with Gasteiger partial charge in [0.25, 0.3) is 0 Å². The molecule has 1 aliphatic carbocycles. The quantitative estimate of drug-likeness (QED) is 0.829. The molecule has 0 fully saturated rings. The summed E-state index contributed by atoms with van der Waals surface area (Å²) in [7, 11) is 0. The number of carbonyl (C=O) groups is 1. The smallest absolute Gasteiger partial charge is 0.319 e. The number of anilines is 1. The Balaban J connectivity index is 1.92. The fourth-order valence-electron chi connectivity index (χ4n) is 2.04. The monoisotopic (exact) mass is 303 g/mol. The molecule has 0 radical (unpaired) electrons. The van der Waals surface area contributed by atoms with Gasteiger partial charge < -0.3 is 10.6 Å². The third-order valence-electron chi connectivity index (χ3n) is 2.95. The van der Waals surface area contributed by atoms with Crippen molar-refractivity contribution in [3.63, 3.8) is 0 Å². The number of hydrogen-bond acceptors (Lipinski definition) is 2. The lowest BCUT2D eigenvalue weighted by molar-refractivity contribution is 0.253. The molecule has 0 saturated carbocycles. The number of urea groups is 1. The van der Waals surface area contributed by atoms with E-state index in [4.69, 9.17) is 11.6 Å². The molecule has 110 valence electrons. The average Bonchev–Trinajstić information content (AvgIpc) is 2.59. The number of allylic oxidation sites excluding steroid dienone is 4. The second-order valence-electron chi connectivity index (χ2n) is 4.99. The van der Waals surface area contributed by atoms with E-state index in [1.807, 2.05) is 19.1 Å². The van der Waals surface area contributed by atoms with Crippen molar-refractivity contribution in [2.24, 2.45) is 0 Å². The first kappa shape index (κ1) is 15.3. The van der Waals surface area contributed by atoms with E-state index in [1.54, 1.807) is 12.1 Å². The summed E-state index contributed by atoms with van der Waals surface area (Å²) in [5.74, 6) is 0. The fourth-order valence-corrected chi connectivity index (χ4v) is 2.29. The number of nitrogens with one attached hydrogen (secondary N) is 2. The highest BCUT2D eigenvalue weighted by atomic mass is 35.5. The third-order valence-corrected chi connectivity index (χ3v) is 3.14. The first-order valence-electron chi connectivity index (χ1n) is 6.75. The lowest BCUT2D eigenvalue weighted by Gasteiger charge is -2.09. The Bertz CT molecular complexity index is 612. The molecule has 1 heterocycles. The van der Waals surface area contributed by atoms with E-state index in [2.05, 4.69) is 34.7 Å². The zero-order valence-electron chi connectivity index (χ0n) is 12.1. The van der Waals surface area contributed by atoms with E-state index in [-0.39, 0.29) is 6.03 Å². The Hall–Kier alpha value is -2.07. The van der Waals surface area contributed by atoms with Crippen LogP contribution in [0.2, 0.25) is 5.15 Å². The highest BCUT2D eigenvalue weighted by Crippen LogP contribution is 2.15. The fraction of sp³-hybridized carbons (Fsp3) is 0.250. The van der Waals surface area contributed by atoms with Crippen molar-refractivity contribution in [3.8, 4) is 0 Å². The number of amides is 2. The van der Waals surface area contributed by atoms with E-state index in [0.29, 0.717) is 17.4 Å². The number of nitrogens with zero attached hydrogens (tertiary/aromatic N) is 1. The molecule has 0 aliphatic heterocycles. The van der Waals surface area contributed by atoms with Crippen LogP contribution in [-0.4, -0.2) is 17.6 Å². The molecule has 1 aromatic heterocycles. The molecular formula is C16H18ClN3O. The van der Waals surface area contributed by atoms with E-state index in [9.17, 15) is 4.79 Å². The number of aryl methyl sites for hydroxylation is 1. The largest absolute Gasteiger partial charge is 0.334 e. The van der Waals surface area contributed by atoms with E-state index in [1.165, 1.54) is 5.57 Å². The number of rotatable bonds is 3. The van der Waals surface area contributed by atoms with Crippen LogP contribution in [0.1, 0.15) is 19.0 Å². The van der Waals surface area contributed by atoms with E-state index in [0.717, 1.165) is 17.7 Å². The van der Waals surface area contributed by atoms with Gasteiger partial charge >= 0.3 is 6.03 Å². The normalized spacial score (nSPS) is 14.0. The molecule has 0 aromatic carbocycles. The molecule has 0 unspecified atom stereocenters. The Labute approximate surface area is 129 Å². The van der Waals surface area contributed by atoms with Gasteiger partial charge in [-0.05, 0) is 38.0 Å². The van der Waals surface area contributed by atoms with Crippen molar-refractivity contribution in [1.29, 1.82) is 0 Å². The molecule has 2 rings (SSSR count). The highest BCUT2D eigenvalue weighted by molar-refractivity contribution is 6.29. The van der Waals surface area contributed by atoms with Gasteiger partial charge in [-0.15, -0.1) is 0 Å². The SMILES string of the molecule is CC1=CC(CNC(=O)Nc2cc(C)nc(Cl)c2)=CC=CC1. The summed E-state index contributed by atoms with van der Waals surface area (Å²) in [6.45, 7) is 4.38. The maximum atomic E-state index is 11.9. The summed E-state index contributed by atoms with van der Waals surface area (Å²) in [4.78, 5) is 15.9. The van der Waals surface area contributed by atoms with Crippen molar-refractivity contribution in [2.75, 3.05) is 11.9 Å². The molecule has 1 aliphatic rings. The minimum absolute atomic E-state index is 0.267. The number of pyridine rings is 1. The van der Waals surface area contributed by atoms with Crippen molar-refractivity contribution >= 4 is 23.3 Å². The van der Waals surface area contributed by atoms with Gasteiger partial charge in [-0.25, -0.2) is 9.78 Å². The van der Waals surface area contributed by atoms with Gasteiger partial charge in [0.05, 0.1) is 0 Å². The van der Waals surface area contributed by atoms with Crippen LogP contribution >= 0.6 is 11.6 Å². The Kier molecular flexibility index (Phi) is 5.17. The molecule has 4 nitrogen and oxygen atoms in total. The summed E-state index contributed by atoms with van der Waals surface area (Å²) in [5, 5.41) is 5.94. The van der Waals surface area contributed by atoms with Crippen molar-refractivity contribution in [2.45, 2.75) is 20.3 Å². The van der Waals surface area contributed by atoms with Crippen molar-refractivity contribution < 1.29 is 4.79 Å². The summed E-state index contributed by atoms with van der Waals surface area (Å²) >= 11 is 5.86. The minimum Gasteiger partial charge on any atom is -0.334 e. The highest BCUT2D eigenvalue weighted by Gasteiger charge is 2.05. The summed E-state index contributed by atoms with van der Waals surface area (Å²) in [6.07, 6.45) is 9.15. The standard InChI is InChI=1S/C16H18ClN3O/c1-11-5-3-4-6-13(7-11)10-18-16(21)20-14-8-12(2)19-15(17)9-14/h3-4,6-9H,5,10H2,1-2H3,(H2,18,19,20,21). The van der Waals surface area contributed by atoms with Crippen LogP contribution in [0.3, 0.4) is 0 Å². The molecule has 0 bridgehead atoms.